The Morgan fingerprint density at radius 3 is 2.28 bits per heavy atom. The molecule has 18 heavy (non-hydrogen) atoms. The van der Waals surface area contributed by atoms with Crippen molar-refractivity contribution < 1.29 is 13.7 Å². The van der Waals surface area contributed by atoms with Crippen molar-refractivity contribution >= 4 is 15.8 Å². The lowest BCUT2D eigenvalue weighted by molar-refractivity contribution is 0.0607. The van der Waals surface area contributed by atoms with Crippen LogP contribution in [0.2, 0.25) is 0 Å². The van der Waals surface area contributed by atoms with Crippen LogP contribution in [0.15, 0.2) is 21.9 Å². The fraction of sp³-hybridized carbons (Fsp3) is 0.545. The number of carbonyl (C=O) groups excluding carboxylic acids is 1. The molecule has 1 aromatic rings. The molecule has 0 radical (unpaired) electrons. The minimum absolute atomic E-state index is 0.0268. The maximum atomic E-state index is 12.2. The van der Waals surface area contributed by atoms with Crippen molar-refractivity contribution in [2.24, 2.45) is 4.36 Å². The third-order valence-electron chi connectivity index (χ3n) is 1.74. The van der Waals surface area contributed by atoms with Crippen LogP contribution < -0.4 is 0 Å². The SMILES string of the molecule is Cc1cnc(S(C)(=O)=NC(=O)OC(C)(C)C)nc1. The molecular weight excluding hydrogens is 254 g/mol. The van der Waals surface area contributed by atoms with Crippen LogP contribution in [0.5, 0.6) is 0 Å². The largest absolute Gasteiger partial charge is 0.442 e. The average molecular weight is 271 g/mol. The van der Waals surface area contributed by atoms with E-state index in [0.717, 1.165) is 5.56 Å². The van der Waals surface area contributed by atoms with E-state index in [1.165, 1.54) is 18.6 Å². The Balaban J connectivity index is 3.03. The number of nitrogens with zero attached hydrogens (tertiary/aromatic N) is 3. The predicted octanol–water partition coefficient (Wildman–Crippen LogP) is 2.18. The molecule has 1 aromatic heterocycles. The van der Waals surface area contributed by atoms with Gasteiger partial charge in [-0.3, -0.25) is 0 Å². The summed E-state index contributed by atoms with van der Waals surface area (Å²) in [5.74, 6) is 0. The number of carbonyl (C=O) groups is 1. The number of rotatable bonds is 1. The molecule has 0 saturated carbocycles. The molecular formula is C11H17N3O3S. The second kappa shape index (κ2) is 5.01. The van der Waals surface area contributed by atoms with Gasteiger partial charge in [-0.1, -0.05) is 0 Å². The Labute approximate surface area is 107 Å². The van der Waals surface area contributed by atoms with E-state index < -0.39 is 21.4 Å². The van der Waals surface area contributed by atoms with Crippen molar-refractivity contribution in [3.8, 4) is 0 Å². The first-order valence-corrected chi connectivity index (χ1v) is 7.26. The minimum atomic E-state index is -2.97. The molecule has 0 aliphatic carbocycles. The highest BCUT2D eigenvalue weighted by Crippen LogP contribution is 2.11. The van der Waals surface area contributed by atoms with Gasteiger partial charge in [-0.15, -0.1) is 4.36 Å². The molecule has 0 fully saturated rings. The molecule has 6 nitrogen and oxygen atoms in total. The zero-order valence-electron chi connectivity index (χ0n) is 11.1. The summed E-state index contributed by atoms with van der Waals surface area (Å²) in [5.41, 5.74) is 0.163. The average Bonchev–Trinajstić information content (AvgIpc) is 2.13. The van der Waals surface area contributed by atoms with Gasteiger partial charge in [0, 0.05) is 18.6 Å². The van der Waals surface area contributed by atoms with Crippen LogP contribution in [0, 0.1) is 6.92 Å². The summed E-state index contributed by atoms with van der Waals surface area (Å²) in [6, 6.07) is 0. The monoisotopic (exact) mass is 271 g/mol. The first-order chi connectivity index (χ1) is 8.10. The molecule has 1 rings (SSSR count). The Hall–Kier alpha value is -1.50. The van der Waals surface area contributed by atoms with Crippen LogP contribution in [0.3, 0.4) is 0 Å². The zero-order chi connectivity index (χ0) is 14.0. The quantitative estimate of drug-likeness (QED) is 0.731. The third-order valence-corrected chi connectivity index (χ3v) is 3.12. The van der Waals surface area contributed by atoms with Crippen LogP contribution in [0.1, 0.15) is 26.3 Å². The van der Waals surface area contributed by atoms with Gasteiger partial charge >= 0.3 is 6.09 Å². The second-order valence-corrected chi connectivity index (χ2v) is 7.07. The first kappa shape index (κ1) is 14.6. The molecule has 1 amide bonds. The zero-order valence-corrected chi connectivity index (χ0v) is 11.9. The highest BCUT2D eigenvalue weighted by Gasteiger charge is 2.19. The number of amides is 1. The van der Waals surface area contributed by atoms with Crippen LogP contribution in [-0.2, 0) is 14.5 Å². The van der Waals surface area contributed by atoms with E-state index in [9.17, 15) is 9.00 Å². The second-order valence-electron chi connectivity index (χ2n) is 4.92. The maximum absolute atomic E-state index is 12.2. The number of aromatic nitrogens is 2. The summed E-state index contributed by atoms with van der Waals surface area (Å²) in [5, 5.41) is 0.0268. The van der Waals surface area contributed by atoms with Crippen LogP contribution in [0.4, 0.5) is 4.79 Å². The smallest absolute Gasteiger partial charge is 0.442 e. The van der Waals surface area contributed by atoms with E-state index in [-0.39, 0.29) is 5.16 Å². The van der Waals surface area contributed by atoms with Gasteiger partial charge in [0.15, 0.2) is 0 Å². The highest BCUT2D eigenvalue weighted by molar-refractivity contribution is 7.93. The number of hydrogen-bond acceptors (Lipinski definition) is 5. The van der Waals surface area contributed by atoms with Crippen molar-refractivity contribution in [1.82, 2.24) is 9.97 Å². The lowest BCUT2D eigenvalue weighted by Crippen LogP contribution is -2.22. The molecule has 0 saturated heterocycles. The topological polar surface area (TPSA) is 81.5 Å². The van der Waals surface area contributed by atoms with Gasteiger partial charge in [0.2, 0.25) is 5.16 Å². The summed E-state index contributed by atoms with van der Waals surface area (Å²) in [6.07, 6.45) is 3.48. The summed E-state index contributed by atoms with van der Waals surface area (Å²) < 4.78 is 20.7. The van der Waals surface area contributed by atoms with E-state index in [4.69, 9.17) is 4.74 Å². The molecule has 0 bridgehead atoms. The van der Waals surface area contributed by atoms with Crippen molar-refractivity contribution in [1.29, 1.82) is 0 Å². The molecule has 1 atom stereocenters. The molecule has 100 valence electrons. The van der Waals surface area contributed by atoms with E-state index >= 15 is 0 Å². The number of hydrogen-bond donors (Lipinski definition) is 0. The summed E-state index contributed by atoms with van der Waals surface area (Å²) in [4.78, 5) is 19.3. The molecule has 0 aliphatic heterocycles. The predicted molar refractivity (Wildman–Crippen MR) is 67.8 cm³/mol. The fourth-order valence-electron chi connectivity index (χ4n) is 1.04. The van der Waals surface area contributed by atoms with Gasteiger partial charge < -0.3 is 4.74 Å². The summed E-state index contributed by atoms with van der Waals surface area (Å²) in [6.45, 7) is 6.94. The van der Waals surface area contributed by atoms with Gasteiger partial charge in [0.25, 0.3) is 0 Å². The van der Waals surface area contributed by atoms with E-state index in [1.807, 2.05) is 6.92 Å². The lowest BCUT2D eigenvalue weighted by atomic mass is 10.2. The third kappa shape index (κ3) is 4.40. The number of aryl methyl sites for hydroxylation is 1. The van der Waals surface area contributed by atoms with Crippen LogP contribution >= 0.6 is 0 Å². The Morgan fingerprint density at radius 1 is 1.33 bits per heavy atom. The van der Waals surface area contributed by atoms with Crippen LogP contribution in [-0.4, -0.2) is 32.1 Å². The van der Waals surface area contributed by atoms with Gasteiger partial charge in [-0.05, 0) is 33.3 Å². The lowest BCUT2D eigenvalue weighted by Gasteiger charge is -2.17. The standard InChI is InChI=1S/C11H17N3O3S/c1-8-6-12-9(13-7-8)18(5,16)14-10(15)17-11(2,3)4/h6-7H,1-5H3. The van der Waals surface area contributed by atoms with Crippen molar-refractivity contribution in [2.75, 3.05) is 6.26 Å². The molecule has 0 spiro atoms. The molecule has 0 aromatic carbocycles. The van der Waals surface area contributed by atoms with Crippen molar-refractivity contribution in [3.05, 3.63) is 18.0 Å². The molecule has 1 heterocycles. The van der Waals surface area contributed by atoms with Crippen LogP contribution in [0.25, 0.3) is 0 Å². The minimum Gasteiger partial charge on any atom is -0.442 e. The Kier molecular flexibility index (Phi) is 4.05. The summed E-state index contributed by atoms with van der Waals surface area (Å²) in [7, 11) is -2.97. The van der Waals surface area contributed by atoms with E-state index in [0.29, 0.717) is 0 Å². The highest BCUT2D eigenvalue weighted by atomic mass is 32.2. The van der Waals surface area contributed by atoms with Gasteiger partial charge in [-0.25, -0.2) is 19.0 Å². The Morgan fingerprint density at radius 2 is 1.83 bits per heavy atom. The van der Waals surface area contributed by atoms with Crippen molar-refractivity contribution in [3.63, 3.8) is 0 Å². The molecule has 0 N–H and O–H groups in total. The first-order valence-electron chi connectivity index (χ1n) is 5.34. The molecule has 1 unspecified atom stereocenters. The molecule has 7 heteroatoms. The van der Waals surface area contributed by atoms with Gasteiger partial charge in [-0.2, -0.15) is 0 Å². The summed E-state index contributed by atoms with van der Waals surface area (Å²) >= 11 is 0. The van der Waals surface area contributed by atoms with E-state index in [2.05, 4.69) is 14.3 Å². The van der Waals surface area contributed by atoms with Crippen molar-refractivity contribution in [2.45, 2.75) is 38.5 Å². The maximum Gasteiger partial charge on any atom is 0.442 e. The number of ether oxygens (including phenoxy) is 1. The van der Waals surface area contributed by atoms with Gasteiger partial charge in [0.05, 0.1) is 0 Å². The molecule has 0 aliphatic rings. The fourth-order valence-corrected chi connectivity index (χ4v) is 1.94. The van der Waals surface area contributed by atoms with Gasteiger partial charge in [0.1, 0.15) is 15.3 Å². The Bertz CT molecular complexity index is 552. The normalized spacial score (nSPS) is 14.7. The van der Waals surface area contributed by atoms with E-state index in [1.54, 1.807) is 20.8 Å².